The number of rotatable bonds is 3. The third-order valence-electron chi connectivity index (χ3n) is 3.24. The Labute approximate surface area is 121 Å². The van der Waals surface area contributed by atoms with Crippen LogP contribution in [0.5, 0.6) is 5.75 Å². The molecule has 0 bridgehead atoms. The lowest BCUT2D eigenvalue weighted by Crippen LogP contribution is -1.95. The lowest BCUT2D eigenvalue weighted by atomic mass is 10.1. The number of phenols is 1. The van der Waals surface area contributed by atoms with E-state index in [1.807, 2.05) is 18.2 Å². The van der Waals surface area contributed by atoms with Gasteiger partial charge in [0.15, 0.2) is 0 Å². The number of aromatic hydroxyl groups is 1. The first-order valence-corrected chi connectivity index (χ1v) is 6.45. The Hall–Kier alpha value is -3.01. The molecule has 3 aromatic carbocycles. The summed E-state index contributed by atoms with van der Waals surface area (Å²) in [6.45, 7) is 0. The molecule has 0 fully saturated rings. The number of aromatic carboxylic acids is 1. The first-order valence-electron chi connectivity index (χ1n) is 6.45. The van der Waals surface area contributed by atoms with Crippen LogP contribution < -0.4 is 5.32 Å². The topological polar surface area (TPSA) is 69.6 Å². The van der Waals surface area contributed by atoms with Gasteiger partial charge in [0, 0.05) is 11.4 Å². The number of carboxylic acid groups (broad SMARTS) is 1. The van der Waals surface area contributed by atoms with Crippen molar-refractivity contribution in [2.24, 2.45) is 0 Å². The van der Waals surface area contributed by atoms with Crippen molar-refractivity contribution in [1.29, 1.82) is 0 Å². The van der Waals surface area contributed by atoms with Gasteiger partial charge in [0.1, 0.15) is 5.75 Å². The lowest BCUT2D eigenvalue weighted by molar-refractivity contribution is 0.0697. The van der Waals surface area contributed by atoms with Gasteiger partial charge in [0.05, 0.1) is 5.56 Å². The molecule has 0 aromatic heterocycles. The fourth-order valence-electron chi connectivity index (χ4n) is 2.17. The van der Waals surface area contributed by atoms with Gasteiger partial charge >= 0.3 is 5.97 Å². The minimum Gasteiger partial charge on any atom is -0.508 e. The van der Waals surface area contributed by atoms with Crippen molar-refractivity contribution >= 4 is 28.1 Å². The monoisotopic (exact) mass is 279 g/mol. The average molecular weight is 279 g/mol. The minimum absolute atomic E-state index is 0.222. The number of carboxylic acids is 1. The molecule has 4 nitrogen and oxygen atoms in total. The van der Waals surface area contributed by atoms with Crippen LogP contribution in [-0.2, 0) is 0 Å². The Balaban J connectivity index is 1.92. The van der Waals surface area contributed by atoms with E-state index in [1.54, 1.807) is 42.5 Å². The minimum atomic E-state index is -0.928. The highest BCUT2D eigenvalue weighted by molar-refractivity contribution is 5.95. The second-order valence-corrected chi connectivity index (χ2v) is 4.75. The molecule has 3 rings (SSSR count). The summed E-state index contributed by atoms with van der Waals surface area (Å²) < 4.78 is 0. The van der Waals surface area contributed by atoms with Crippen molar-refractivity contribution in [3.8, 4) is 5.75 Å². The highest BCUT2D eigenvalue weighted by Gasteiger charge is 2.04. The molecule has 0 unspecified atom stereocenters. The summed E-state index contributed by atoms with van der Waals surface area (Å²) in [5, 5.41) is 23.3. The molecule has 0 aliphatic carbocycles. The molecule has 0 radical (unpaired) electrons. The zero-order valence-electron chi connectivity index (χ0n) is 11.1. The van der Waals surface area contributed by atoms with E-state index in [1.165, 1.54) is 0 Å². The van der Waals surface area contributed by atoms with E-state index in [0.717, 1.165) is 22.1 Å². The molecule has 3 N–H and O–H groups in total. The normalized spacial score (nSPS) is 10.5. The smallest absolute Gasteiger partial charge is 0.335 e. The molecule has 0 heterocycles. The number of anilines is 2. The van der Waals surface area contributed by atoms with Crippen LogP contribution in [0.15, 0.2) is 60.7 Å². The number of carbonyl (C=O) groups is 1. The maximum Gasteiger partial charge on any atom is 0.335 e. The molecular formula is C17H13NO3. The largest absolute Gasteiger partial charge is 0.508 e. The zero-order valence-corrected chi connectivity index (χ0v) is 11.1. The summed E-state index contributed by atoms with van der Waals surface area (Å²) in [6, 6.07) is 17.6. The van der Waals surface area contributed by atoms with E-state index in [0.29, 0.717) is 0 Å². The van der Waals surface area contributed by atoms with Gasteiger partial charge in [-0.25, -0.2) is 4.79 Å². The molecule has 0 aliphatic rings. The van der Waals surface area contributed by atoms with Gasteiger partial charge in [-0.2, -0.15) is 0 Å². The van der Waals surface area contributed by atoms with Gasteiger partial charge in [-0.15, -0.1) is 0 Å². The molecule has 21 heavy (non-hydrogen) atoms. The predicted molar refractivity (Wildman–Crippen MR) is 82.3 cm³/mol. The number of phenolic OH excluding ortho intramolecular Hbond substituents is 1. The molecule has 0 saturated carbocycles. The molecular weight excluding hydrogens is 266 g/mol. The van der Waals surface area contributed by atoms with Gasteiger partial charge in [0.2, 0.25) is 0 Å². The van der Waals surface area contributed by atoms with Crippen LogP contribution in [0.1, 0.15) is 10.4 Å². The summed E-state index contributed by atoms with van der Waals surface area (Å²) in [7, 11) is 0. The Morgan fingerprint density at radius 2 is 1.43 bits per heavy atom. The van der Waals surface area contributed by atoms with Crippen molar-refractivity contribution in [2.75, 3.05) is 5.32 Å². The Bertz CT molecular complexity index is 810. The molecule has 4 heteroatoms. The van der Waals surface area contributed by atoms with E-state index in [2.05, 4.69) is 5.32 Å². The van der Waals surface area contributed by atoms with E-state index < -0.39 is 5.97 Å². The van der Waals surface area contributed by atoms with Crippen molar-refractivity contribution in [1.82, 2.24) is 0 Å². The fraction of sp³-hybridized carbons (Fsp3) is 0. The third-order valence-corrected chi connectivity index (χ3v) is 3.24. The van der Waals surface area contributed by atoms with Gasteiger partial charge in [-0.3, -0.25) is 0 Å². The highest BCUT2D eigenvalue weighted by Crippen LogP contribution is 2.24. The Morgan fingerprint density at radius 3 is 2.14 bits per heavy atom. The molecule has 0 amide bonds. The Morgan fingerprint density at radius 1 is 0.810 bits per heavy atom. The van der Waals surface area contributed by atoms with Crippen molar-refractivity contribution in [3.63, 3.8) is 0 Å². The van der Waals surface area contributed by atoms with Crippen LogP contribution in [0.3, 0.4) is 0 Å². The van der Waals surface area contributed by atoms with Crippen LogP contribution in [0, 0.1) is 0 Å². The van der Waals surface area contributed by atoms with Crippen molar-refractivity contribution in [3.05, 3.63) is 66.2 Å². The lowest BCUT2D eigenvalue weighted by Gasteiger charge is -2.08. The van der Waals surface area contributed by atoms with E-state index in [9.17, 15) is 9.90 Å². The summed E-state index contributed by atoms with van der Waals surface area (Å²) in [4.78, 5) is 10.9. The van der Waals surface area contributed by atoms with Crippen LogP contribution in [-0.4, -0.2) is 16.2 Å². The van der Waals surface area contributed by atoms with Gasteiger partial charge in [-0.05, 0) is 59.3 Å². The molecule has 0 spiro atoms. The zero-order chi connectivity index (χ0) is 14.8. The van der Waals surface area contributed by atoms with Crippen molar-refractivity contribution < 1.29 is 15.0 Å². The van der Waals surface area contributed by atoms with E-state index >= 15 is 0 Å². The second kappa shape index (κ2) is 5.17. The van der Waals surface area contributed by atoms with Crippen LogP contribution in [0.4, 0.5) is 11.4 Å². The standard InChI is InChI=1S/C17H13NO3/c19-16-7-5-14(6-8-16)18-15-4-3-11-9-13(17(20)21)2-1-12(11)10-15/h1-10,18-19H,(H,20,21). The van der Waals surface area contributed by atoms with Crippen LogP contribution in [0.2, 0.25) is 0 Å². The van der Waals surface area contributed by atoms with Crippen LogP contribution in [0.25, 0.3) is 10.8 Å². The summed E-state index contributed by atoms with van der Waals surface area (Å²) in [5.41, 5.74) is 2.05. The summed E-state index contributed by atoms with van der Waals surface area (Å²) in [6.07, 6.45) is 0. The fourth-order valence-corrected chi connectivity index (χ4v) is 2.17. The van der Waals surface area contributed by atoms with Gasteiger partial charge in [-0.1, -0.05) is 12.1 Å². The summed E-state index contributed by atoms with van der Waals surface area (Å²) in [5.74, 6) is -0.705. The average Bonchev–Trinajstić information content (AvgIpc) is 2.49. The molecule has 0 aliphatic heterocycles. The number of nitrogens with one attached hydrogen (secondary N) is 1. The number of fused-ring (bicyclic) bond motifs is 1. The summed E-state index contributed by atoms with van der Waals surface area (Å²) >= 11 is 0. The molecule has 0 atom stereocenters. The third kappa shape index (κ3) is 2.79. The first kappa shape index (κ1) is 13.0. The number of hydrogen-bond donors (Lipinski definition) is 3. The highest BCUT2D eigenvalue weighted by atomic mass is 16.4. The van der Waals surface area contributed by atoms with Gasteiger partial charge < -0.3 is 15.5 Å². The number of hydrogen-bond acceptors (Lipinski definition) is 3. The number of benzene rings is 3. The van der Waals surface area contributed by atoms with Crippen molar-refractivity contribution in [2.45, 2.75) is 0 Å². The van der Waals surface area contributed by atoms with Crippen LogP contribution >= 0.6 is 0 Å². The molecule has 104 valence electrons. The van der Waals surface area contributed by atoms with Gasteiger partial charge in [0.25, 0.3) is 0 Å². The van der Waals surface area contributed by atoms with E-state index in [-0.39, 0.29) is 11.3 Å². The SMILES string of the molecule is O=C(O)c1ccc2cc(Nc3ccc(O)cc3)ccc2c1. The quantitative estimate of drug-likeness (QED) is 0.634. The maximum atomic E-state index is 10.9. The molecule has 3 aromatic rings. The Kier molecular flexibility index (Phi) is 3.20. The second-order valence-electron chi connectivity index (χ2n) is 4.75. The first-order chi connectivity index (χ1) is 10.1. The van der Waals surface area contributed by atoms with E-state index in [4.69, 9.17) is 5.11 Å². The molecule has 0 saturated heterocycles. The maximum absolute atomic E-state index is 10.9. The predicted octanol–water partition coefficient (Wildman–Crippen LogP) is 3.99.